The average Bonchev–Trinajstić information content (AvgIpc) is 3.31. The summed E-state index contributed by atoms with van der Waals surface area (Å²) in [4.78, 5) is 12.6. The molecule has 0 atom stereocenters. The number of fused-ring (bicyclic) bond motifs is 1. The van der Waals surface area contributed by atoms with Crippen molar-refractivity contribution in [2.24, 2.45) is 0 Å². The molecule has 27 heavy (non-hydrogen) atoms. The molecule has 7 heteroatoms. The Morgan fingerprint density at radius 2 is 1.81 bits per heavy atom. The molecule has 1 amide bonds. The van der Waals surface area contributed by atoms with E-state index in [1.54, 1.807) is 18.2 Å². The molecule has 0 saturated heterocycles. The van der Waals surface area contributed by atoms with Gasteiger partial charge in [-0.2, -0.15) is 0 Å². The minimum atomic E-state index is -3.28. The number of hydrogen-bond acceptors (Lipinski definition) is 3. The number of hydrogen-bond donors (Lipinski definition) is 1. The molecule has 0 bridgehead atoms. The van der Waals surface area contributed by atoms with Gasteiger partial charge in [0.15, 0.2) is 0 Å². The standard InChI is InChI=1S/C20H19N3O3S/c1-27(25,26)23-12-9-15-13-17(7-8-19(15)23)21-20(24)16-5-4-6-18(14-16)22-10-2-3-11-22/h2-8,10-11,13-14H,9,12H2,1H3,(H,21,24). The van der Waals surface area contributed by atoms with Gasteiger partial charge in [-0.05, 0) is 60.5 Å². The van der Waals surface area contributed by atoms with E-state index in [0.717, 1.165) is 11.3 Å². The first-order valence-electron chi connectivity index (χ1n) is 8.57. The molecule has 1 aromatic heterocycles. The van der Waals surface area contributed by atoms with Crippen molar-refractivity contribution in [1.29, 1.82) is 0 Å². The van der Waals surface area contributed by atoms with Crippen molar-refractivity contribution in [2.75, 3.05) is 22.4 Å². The molecule has 1 aliphatic heterocycles. The van der Waals surface area contributed by atoms with Crippen LogP contribution in [-0.2, 0) is 16.4 Å². The first kappa shape index (κ1) is 17.4. The van der Waals surface area contributed by atoms with Crippen LogP contribution in [0.4, 0.5) is 11.4 Å². The van der Waals surface area contributed by atoms with E-state index >= 15 is 0 Å². The maximum atomic E-state index is 12.6. The third-order valence-electron chi connectivity index (χ3n) is 4.60. The van der Waals surface area contributed by atoms with Gasteiger partial charge in [0.25, 0.3) is 5.91 Å². The Labute approximate surface area is 158 Å². The normalized spacial score (nSPS) is 13.4. The monoisotopic (exact) mass is 381 g/mol. The highest BCUT2D eigenvalue weighted by Crippen LogP contribution is 2.32. The summed E-state index contributed by atoms with van der Waals surface area (Å²) < 4.78 is 27.0. The maximum Gasteiger partial charge on any atom is 0.255 e. The predicted octanol–water partition coefficient (Wildman–Crippen LogP) is 3.05. The van der Waals surface area contributed by atoms with E-state index < -0.39 is 10.0 Å². The number of carbonyl (C=O) groups excluding carboxylic acids is 1. The molecule has 0 fully saturated rings. The Kier molecular flexibility index (Phi) is 4.24. The van der Waals surface area contributed by atoms with E-state index in [2.05, 4.69) is 5.32 Å². The molecular formula is C20H19N3O3S. The van der Waals surface area contributed by atoms with Gasteiger partial charge in [-0.15, -0.1) is 0 Å². The number of rotatable bonds is 4. The highest BCUT2D eigenvalue weighted by Gasteiger charge is 2.26. The second kappa shape index (κ2) is 6.59. The fourth-order valence-corrected chi connectivity index (χ4v) is 4.27. The second-order valence-electron chi connectivity index (χ2n) is 6.52. The van der Waals surface area contributed by atoms with E-state index in [0.29, 0.717) is 29.9 Å². The minimum absolute atomic E-state index is 0.207. The number of anilines is 2. The van der Waals surface area contributed by atoms with Crippen molar-refractivity contribution in [3.63, 3.8) is 0 Å². The molecule has 0 spiro atoms. The SMILES string of the molecule is CS(=O)(=O)N1CCc2cc(NC(=O)c3cccc(-n4cccc4)c3)ccc21. The Balaban J connectivity index is 1.55. The zero-order valence-corrected chi connectivity index (χ0v) is 15.6. The van der Waals surface area contributed by atoms with E-state index in [1.807, 2.05) is 53.4 Å². The summed E-state index contributed by atoms with van der Waals surface area (Å²) in [6.45, 7) is 0.435. The third-order valence-corrected chi connectivity index (χ3v) is 5.78. The lowest BCUT2D eigenvalue weighted by Crippen LogP contribution is -2.27. The Hall–Kier alpha value is -3.06. The van der Waals surface area contributed by atoms with Crippen LogP contribution in [0.3, 0.4) is 0 Å². The van der Waals surface area contributed by atoms with Crippen molar-refractivity contribution in [3.05, 3.63) is 78.1 Å². The molecule has 6 nitrogen and oxygen atoms in total. The van der Waals surface area contributed by atoms with E-state index in [1.165, 1.54) is 10.6 Å². The summed E-state index contributed by atoms with van der Waals surface area (Å²) in [5.74, 6) is -0.207. The van der Waals surface area contributed by atoms with Crippen LogP contribution in [0, 0.1) is 0 Å². The van der Waals surface area contributed by atoms with Gasteiger partial charge < -0.3 is 9.88 Å². The van der Waals surface area contributed by atoms with E-state index in [-0.39, 0.29) is 5.91 Å². The molecule has 0 saturated carbocycles. The quantitative estimate of drug-likeness (QED) is 0.755. The molecule has 3 aromatic rings. The van der Waals surface area contributed by atoms with Crippen LogP contribution in [0.25, 0.3) is 5.69 Å². The van der Waals surface area contributed by atoms with Crippen LogP contribution in [0.2, 0.25) is 0 Å². The molecule has 138 valence electrons. The second-order valence-corrected chi connectivity index (χ2v) is 8.43. The molecule has 0 aliphatic carbocycles. The average molecular weight is 381 g/mol. The summed E-state index contributed by atoms with van der Waals surface area (Å²) >= 11 is 0. The topological polar surface area (TPSA) is 71.4 Å². The van der Waals surface area contributed by atoms with Crippen LogP contribution in [0.15, 0.2) is 67.0 Å². The summed E-state index contributed by atoms with van der Waals surface area (Å²) in [6.07, 6.45) is 5.68. The number of nitrogens with zero attached hydrogens (tertiary/aromatic N) is 2. The fraction of sp³-hybridized carbons (Fsp3) is 0.150. The largest absolute Gasteiger partial charge is 0.324 e. The van der Waals surface area contributed by atoms with Crippen LogP contribution in [-0.4, -0.2) is 31.7 Å². The molecule has 1 aliphatic rings. The number of carbonyl (C=O) groups is 1. The van der Waals surface area contributed by atoms with Crippen molar-refractivity contribution < 1.29 is 13.2 Å². The summed E-state index contributed by atoms with van der Waals surface area (Å²) in [7, 11) is -3.28. The highest BCUT2D eigenvalue weighted by atomic mass is 32.2. The van der Waals surface area contributed by atoms with Gasteiger partial charge in [-0.25, -0.2) is 8.42 Å². The minimum Gasteiger partial charge on any atom is -0.324 e. The van der Waals surface area contributed by atoms with Gasteiger partial charge in [0.2, 0.25) is 10.0 Å². The smallest absolute Gasteiger partial charge is 0.255 e. The number of nitrogens with one attached hydrogen (secondary N) is 1. The maximum absolute atomic E-state index is 12.6. The Bertz CT molecular complexity index is 1110. The highest BCUT2D eigenvalue weighted by molar-refractivity contribution is 7.92. The van der Waals surface area contributed by atoms with Crippen LogP contribution in [0.5, 0.6) is 0 Å². The number of aromatic nitrogens is 1. The van der Waals surface area contributed by atoms with E-state index in [4.69, 9.17) is 0 Å². The van der Waals surface area contributed by atoms with Crippen molar-refractivity contribution in [1.82, 2.24) is 4.57 Å². The zero-order valence-electron chi connectivity index (χ0n) is 14.8. The van der Waals surface area contributed by atoms with E-state index in [9.17, 15) is 13.2 Å². The fourth-order valence-electron chi connectivity index (χ4n) is 3.31. The van der Waals surface area contributed by atoms with Gasteiger partial charge in [0, 0.05) is 35.9 Å². The Morgan fingerprint density at radius 1 is 1.04 bits per heavy atom. The van der Waals surface area contributed by atoms with Crippen molar-refractivity contribution in [3.8, 4) is 5.69 Å². The lowest BCUT2D eigenvalue weighted by atomic mass is 10.1. The molecule has 2 aromatic carbocycles. The van der Waals surface area contributed by atoms with Crippen LogP contribution in [0.1, 0.15) is 15.9 Å². The number of sulfonamides is 1. The van der Waals surface area contributed by atoms with Crippen LogP contribution >= 0.6 is 0 Å². The van der Waals surface area contributed by atoms with Gasteiger partial charge in [0.1, 0.15) is 0 Å². The third kappa shape index (κ3) is 3.46. The number of benzene rings is 2. The summed E-state index contributed by atoms with van der Waals surface area (Å²) in [6, 6.07) is 16.5. The molecule has 4 rings (SSSR count). The van der Waals surface area contributed by atoms with Gasteiger partial charge in [-0.1, -0.05) is 6.07 Å². The molecule has 0 unspecified atom stereocenters. The lowest BCUT2D eigenvalue weighted by Gasteiger charge is -2.16. The summed E-state index contributed by atoms with van der Waals surface area (Å²) in [5.41, 5.74) is 3.72. The van der Waals surface area contributed by atoms with Crippen molar-refractivity contribution >= 4 is 27.3 Å². The first-order chi connectivity index (χ1) is 12.9. The zero-order chi connectivity index (χ0) is 19.0. The van der Waals surface area contributed by atoms with Gasteiger partial charge in [-0.3, -0.25) is 9.10 Å². The first-order valence-corrected chi connectivity index (χ1v) is 10.4. The van der Waals surface area contributed by atoms with Gasteiger partial charge in [0.05, 0.1) is 11.9 Å². The molecule has 2 heterocycles. The lowest BCUT2D eigenvalue weighted by molar-refractivity contribution is 0.102. The van der Waals surface area contributed by atoms with Crippen LogP contribution < -0.4 is 9.62 Å². The van der Waals surface area contributed by atoms with Crippen molar-refractivity contribution in [2.45, 2.75) is 6.42 Å². The molecule has 1 N–H and O–H groups in total. The van der Waals surface area contributed by atoms with Gasteiger partial charge >= 0.3 is 0 Å². The molecular weight excluding hydrogens is 362 g/mol. The molecule has 0 radical (unpaired) electrons. The number of amides is 1. The predicted molar refractivity (Wildman–Crippen MR) is 106 cm³/mol. The Morgan fingerprint density at radius 3 is 2.56 bits per heavy atom. The summed E-state index contributed by atoms with van der Waals surface area (Å²) in [5, 5.41) is 2.90.